The first kappa shape index (κ1) is 19.8. The average Bonchev–Trinajstić information content (AvgIpc) is 2.54. The Morgan fingerprint density at radius 1 is 1.12 bits per heavy atom. The highest BCUT2D eigenvalue weighted by Gasteiger charge is 2.16. The summed E-state index contributed by atoms with van der Waals surface area (Å²) < 4.78 is 26.7. The third kappa shape index (κ3) is 5.22. The molecule has 25 heavy (non-hydrogen) atoms. The Hall–Kier alpha value is -1.54. The van der Waals surface area contributed by atoms with Crippen LogP contribution in [-0.4, -0.2) is 26.6 Å². The summed E-state index contributed by atoms with van der Waals surface area (Å²) in [5, 5.41) is 3.08. The summed E-state index contributed by atoms with van der Waals surface area (Å²) >= 11 is 7.60. The highest BCUT2D eigenvalue weighted by atomic mass is 35.5. The number of sulfonamides is 1. The molecule has 0 saturated carbocycles. The standard InChI is InChI=1S/C17H19ClN2O3S2/c1-11(2)20-25(22,23)14-7-4-12(5-8-14)19-17(21)15-10-13(24-3)6-9-16(15)18/h4-11,20H,1-3H3,(H,19,21). The van der Waals surface area contributed by atoms with E-state index in [0.29, 0.717) is 16.3 Å². The maximum atomic E-state index is 12.4. The van der Waals surface area contributed by atoms with Crippen molar-refractivity contribution < 1.29 is 13.2 Å². The number of hydrogen-bond acceptors (Lipinski definition) is 4. The van der Waals surface area contributed by atoms with E-state index in [1.54, 1.807) is 38.1 Å². The predicted octanol–water partition coefficient (Wildman–Crippen LogP) is 4.00. The Morgan fingerprint density at radius 3 is 2.32 bits per heavy atom. The second-order valence-corrected chi connectivity index (χ2v) is 8.60. The highest BCUT2D eigenvalue weighted by Crippen LogP contribution is 2.24. The summed E-state index contributed by atoms with van der Waals surface area (Å²) in [6.07, 6.45) is 1.91. The molecule has 1 amide bonds. The highest BCUT2D eigenvalue weighted by molar-refractivity contribution is 7.98. The molecule has 0 aromatic heterocycles. The third-order valence-electron chi connectivity index (χ3n) is 3.23. The Morgan fingerprint density at radius 2 is 1.76 bits per heavy atom. The minimum Gasteiger partial charge on any atom is -0.322 e. The number of nitrogens with one attached hydrogen (secondary N) is 2. The normalized spacial score (nSPS) is 11.6. The first-order valence-electron chi connectivity index (χ1n) is 7.50. The molecule has 0 heterocycles. The summed E-state index contributed by atoms with van der Waals surface area (Å²) in [5.74, 6) is -0.350. The molecule has 2 rings (SSSR count). The summed E-state index contributed by atoms with van der Waals surface area (Å²) in [7, 11) is -3.56. The molecule has 0 spiro atoms. The monoisotopic (exact) mass is 398 g/mol. The molecule has 0 fully saturated rings. The van der Waals surface area contributed by atoms with Crippen LogP contribution in [0.1, 0.15) is 24.2 Å². The van der Waals surface area contributed by atoms with Crippen molar-refractivity contribution in [2.45, 2.75) is 29.7 Å². The molecule has 0 atom stereocenters. The van der Waals surface area contributed by atoms with Crippen molar-refractivity contribution in [2.24, 2.45) is 0 Å². The number of halogens is 1. The summed E-state index contributed by atoms with van der Waals surface area (Å²) in [6.45, 7) is 3.50. The summed E-state index contributed by atoms with van der Waals surface area (Å²) in [5.41, 5.74) is 0.853. The Bertz CT molecular complexity index is 866. The van der Waals surface area contributed by atoms with Gasteiger partial charge in [-0.2, -0.15) is 0 Å². The average molecular weight is 399 g/mol. The quantitative estimate of drug-likeness (QED) is 0.721. The van der Waals surface area contributed by atoms with Gasteiger partial charge in [0, 0.05) is 16.6 Å². The number of anilines is 1. The number of rotatable bonds is 6. The summed E-state index contributed by atoms with van der Waals surface area (Å²) in [6, 6.07) is 11.0. The van der Waals surface area contributed by atoms with Gasteiger partial charge in [-0.15, -0.1) is 11.8 Å². The Labute approximate surface area is 157 Å². The largest absolute Gasteiger partial charge is 0.322 e. The molecule has 0 aliphatic rings. The van der Waals surface area contributed by atoms with E-state index in [4.69, 9.17) is 11.6 Å². The van der Waals surface area contributed by atoms with Crippen LogP contribution in [0.5, 0.6) is 0 Å². The fourth-order valence-corrected chi connectivity index (χ4v) is 3.99. The number of benzene rings is 2. The first-order valence-corrected chi connectivity index (χ1v) is 10.6. The van der Waals surface area contributed by atoms with E-state index in [-0.39, 0.29) is 16.8 Å². The number of thioether (sulfide) groups is 1. The van der Waals surface area contributed by atoms with Crippen LogP contribution in [0.3, 0.4) is 0 Å². The molecular weight excluding hydrogens is 380 g/mol. The third-order valence-corrected chi connectivity index (χ3v) is 5.96. The van der Waals surface area contributed by atoms with Crippen LogP contribution in [0.25, 0.3) is 0 Å². The van der Waals surface area contributed by atoms with Crippen molar-refractivity contribution in [1.82, 2.24) is 4.72 Å². The topological polar surface area (TPSA) is 75.3 Å². The van der Waals surface area contributed by atoms with Gasteiger partial charge in [0.25, 0.3) is 5.91 Å². The van der Waals surface area contributed by atoms with E-state index in [1.807, 2.05) is 12.3 Å². The van der Waals surface area contributed by atoms with Crippen LogP contribution in [0.2, 0.25) is 5.02 Å². The first-order chi connectivity index (χ1) is 11.7. The second kappa shape index (κ2) is 8.23. The van der Waals surface area contributed by atoms with E-state index in [1.165, 1.54) is 23.9 Å². The lowest BCUT2D eigenvalue weighted by Gasteiger charge is -2.11. The molecule has 5 nitrogen and oxygen atoms in total. The molecule has 134 valence electrons. The van der Waals surface area contributed by atoms with Gasteiger partial charge in [-0.3, -0.25) is 4.79 Å². The van der Waals surface area contributed by atoms with Crippen molar-refractivity contribution in [1.29, 1.82) is 0 Å². The molecular formula is C17H19ClN2O3S2. The lowest BCUT2D eigenvalue weighted by Crippen LogP contribution is -2.30. The van der Waals surface area contributed by atoms with E-state index in [2.05, 4.69) is 10.0 Å². The van der Waals surface area contributed by atoms with Gasteiger partial charge in [0.15, 0.2) is 0 Å². The zero-order valence-electron chi connectivity index (χ0n) is 14.0. The number of hydrogen-bond donors (Lipinski definition) is 2. The Kier molecular flexibility index (Phi) is 6.51. The Balaban J connectivity index is 2.18. The molecule has 2 N–H and O–H groups in total. The number of carbonyl (C=O) groups is 1. The van der Waals surface area contributed by atoms with Crippen molar-refractivity contribution in [3.05, 3.63) is 53.1 Å². The van der Waals surface area contributed by atoms with E-state index < -0.39 is 10.0 Å². The fourth-order valence-electron chi connectivity index (χ4n) is 2.10. The van der Waals surface area contributed by atoms with Crippen molar-refractivity contribution in [3.63, 3.8) is 0 Å². The molecule has 8 heteroatoms. The van der Waals surface area contributed by atoms with Crippen LogP contribution in [-0.2, 0) is 10.0 Å². The zero-order valence-corrected chi connectivity index (χ0v) is 16.4. The summed E-state index contributed by atoms with van der Waals surface area (Å²) in [4.78, 5) is 13.5. The van der Waals surface area contributed by atoms with Gasteiger partial charge in [-0.1, -0.05) is 11.6 Å². The minimum absolute atomic E-state index is 0.140. The van der Waals surface area contributed by atoms with Crippen LogP contribution >= 0.6 is 23.4 Å². The molecule has 0 bridgehead atoms. The predicted molar refractivity (Wildman–Crippen MR) is 103 cm³/mol. The zero-order chi connectivity index (χ0) is 18.6. The van der Waals surface area contributed by atoms with Crippen molar-refractivity contribution in [3.8, 4) is 0 Å². The molecule has 2 aromatic carbocycles. The van der Waals surface area contributed by atoms with E-state index in [0.717, 1.165) is 4.90 Å². The van der Waals surface area contributed by atoms with Crippen LogP contribution in [0, 0.1) is 0 Å². The minimum atomic E-state index is -3.56. The lowest BCUT2D eigenvalue weighted by molar-refractivity contribution is 0.102. The second-order valence-electron chi connectivity index (χ2n) is 5.60. The number of carbonyl (C=O) groups excluding carboxylic acids is 1. The van der Waals surface area contributed by atoms with E-state index >= 15 is 0 Å². The lowest BCUT2D eigenvalue weighted by atomic mass is 10.2. The van der Waals surface area contributed by atoms with Gasteiger partial charge >= 0.3 is 0 Å². The smallest absolute Gasteiger partial charge is 0.257 e. The fraction of sp³-hybridized carbons (Fsp3) is 0.235. The van der Waals surface area contributed by atoms with Gasteiger partial charge in [0.1, 0.15) is 0 Å². The molecule has 0 aliphatic carbocycles. The van der Waals surface area contributed by atoms with Crippen LogP contribution in [0.15, 0.2) is 52.3 Å². The van der Waals surface area contributed by atoms with Gasteiger partial charge in [0.2, 0.25) is 10.0 Å². The van der Waals surface area contributed by atoms with Gasteiger partial charge in [0.05, 0.1) is 15.5 Å². The molecule has 0 radical (unpaired) electrons. The molecule has 2 aromatic rings. The molecule has 0 saturated heterocycles. The van der Waals surface area contributed by atoms with Gasteiger partial charge in [-0.25, -0.2) is 13.1 Å². The maximum Gasteiger partial charge on any atom is 0.257 e. The van der Waals surface area contributed by atoms with E-state index in [9.17, 15) is 13.2 Å². The van der Waals surface area contributed by atoms with Crippen LogP contribution in [0.4, 0.5) is 5.69 Å². The maximum absolute atomic E-state index is 12.4. The van der Waals surface area contributed by atoms with Crippen molar-refractivity contribution in [2.75, 3.05) is 11.6 Å². The van der Waals surface area contributed by atoms with Crippen molar-refractivity contribution >= 4 is 45.0 Å². The van der Waals surface area contributed by atoms with Gasteiger partial charge < -0.3 is 5.32 Å². The SMILES string of the molecule is CSc1ccc(Cl)c(C(=O)Nc2ccc(S(=O)(=O)NC(C)C)cc2)c1. The van der Waals surface area contributed by atoms with Gasteiger partial charge in [-0.05, 0) is 62.6 Å². The van der Waals surface area contributed by atoms with Crippen LogP contribution < -0.4 is 10.0 Å². The molecule has 0 aliphatic heterocycles. The number of amides is 1. The molecule has 0 unspecified atom stereocenters.